The van der Waals surface area contributed by atoms with Gasteiger partial charge in [0.25, 0.3) is 5.91 Å². The molecule has 2 unspecified atom stereocenters. The number of amides is 2. The molecule has 2 aliphatic heterocycles. The van der Waals surface area contributed by atoms with Gasteiger partial charge in [0.15, 0.2) is 0 Å². The van der Waals surface area contributed by atoms with Gasteiger partial charge in [-0.2, -0.15) is 0 Å². The fraction of sp³-hybridized carbons (Fsp3) is 0.462. The maximum atomic E-state index is 12.5. The summed E-state index contributed by atoms with van der Waals surface area (Å²) in [5.41, 5.74) is 0.528. The summed E-state index contributed by atoms with van der Waals surface area (Å²) in [4.78, 5) is 29.9. The molecule has 0 bridgehead atoms. The van der Waals surface area contributed by atoms with Gasteiger partial charge in [-0.05, 0) is 25.0 Å². The average molecular weight is 280 g/mol. The smallest absolute Gasteiger partial charge is 0.254 e. The zero-order chi connectivity index (χ0) is 13.4. The van der Waals surface area contributed by atoms with Crippen molar-refractivity contribution in [3.05, 3.63) is 29.0 Å². The fourth-order valence-electron chi connectivity index (χ4n) is 2.90. The van der Waals surface area contributed by atoms with Crippen LogP contribution in [0.25, 0.3) is 0 Å². The van der Waals surface area contributed by atoms with Crippen LogP contribution in [0, 0.1) is 5.92 Å². The molecule has 2 atom stereocenters. The molecule has 2 saturated heterocycles. The van der Waals surface area contributed by atoms with Gasteiger partial charge in [0, 0.05) is 24.8 Å². The predicted octanol–water partition coefficient (Wildman–Crippen LogP) is 1.09. The molecule has 1 N–H and O–H groups in total. The second-order valence-corrected chi connectivity index (χ2v) is 5.31. The van der Waals surface area contributed by atoms with Crippen LogP contribution in [0.1, 0.15) is 23.2 Å². The second kappa shape index (κ2) is 4.81. The molecule has 0 aromatic carbocycles. The Hall–Kier alpha value is -1.62. The molecule has 0 saturated carbocycles. The number of carbonyl (C=O) groups is 2. The third-order valence-corrected chi connectivity index (χ3v) is 4.04. The molecule has 1 aromatic rings. The highest BCUT2D eigenvalue weighted by atomic mass is 35.5. The highest BCUT2D eigenvalue weighted by molar-refractivity contribution is 6.29. The molecule has 2 amide bonds. The van der Waals surface area contributed by atoms with Crippen LogP contribution in [0.4, 0.5) is 0 Å². The molecule has 2 aliphatic rings. The topological polar surface area (TPSA) is 62.3 Å². The lowest BCUT2D eigenvalue weighted by molar-refractivity contribution is -0.123. The van der Waals surface area contributed by atoms with Crippen molar-refractivity contribution in [2.24, 2.45) is 5.92 Å². The maximum absolute atomic E-state index is 12.5. The van der Waals surface area contributed by atoms with Crippen molar-refractivity contribution in [1.82, 2.24) is 15.2 Å². The van der Waals surface area contributed by atoms with Crippen LogP contribution >= 0.6 is 11.6 Å². The highest BCUT2D eigenvalue weighted by Gasteiger charge is 2.42. The Bertz CT molecular complexity index is 534. The first-order chi connectivity index (χ1) is 9.16. The lowest BCUT2D eigenvalue weighted by atomic mass is 9.91. The SMILES string of the molecule is O=C1NCC2C1CCCN2C(=O)c1ccnc(Cl)c1. The van der Waals surface area contributed by atoms with Crippen molar-refractivity contribution in [3.8, 4) is 0 Å². The van der Waals surface area contributed by atoms with E-state index >= 15 is 0 Å². The van der Waals surface area contributed by atoms with E-state index < -0.39 is 0 Å². The van der Waals surface area contributed by atoms with Gasteiger partial charge >= 0.3 is 0 Å². The number of fused-ring (bicyclic) bond motifs is 1. The van der Waals surface area contributed by atoms with Gasteiger partial charge in [-0.25, -0.2) is 4.98 Å². The Morgan fingerprint density at radius 3 is 3.16 bits per heavy atom. The van der Waals surface area contributed by atoms with E-state index in [0.29, 0.717) is 23.8 Å². The van der Waals surface area contributed by atoms with E-state index in [1.165, 1.54) is 6.20 Å². The number of hydrogen-bond acceptors (Lipinski definition) is 3. The van der Waals surface area contributed by atoms with Crippen LogP contribution < -0.4 is 5.32 Å². The van der Waals surface area contributed by atoms with Gasteiger partial charge in [0.1, 0.15) is 5.15 Å². The van der Waals surface area contributed by atoms with Crippen LogP contribution in [0.15, 0.2) is 18.3 Å². The molecule has 100 valence electrons. The van der Waals surface area contributed by atoms with E-state index in [0.717, 1.165) is 12.8 Å². The van der Waals surface area contributed by atoms with Crippen molar-refractivity contribution in [3.63, 3.8) is 0 Å². The zero-order valence-corrected chi connectivity index (χ0v) is 11.1. The number of halogens is 1. The van der Waals surface area contributed by atoms with E-state index in [1.54, 1.807) is 17.0 Å². The summed E-state index contributed by atoms with van der Waals surface area (Å²) in [7, 11) is 0. The summed E-state index contributed by atoms with van der Waals surface area (Å²) in [5.74, 6) is -0.0687. The number of hydrogen-bond donors (Lipinski definition) is 1. The molecule has 0 aliphatic carbocycles. The largest absolute Gasteiger partial charge is 0.354 e. The molecule has 5 nitrogen and oxygen atoms in total. The number of likely N-dealkylation sites (tertiary alicyclic amines) is 1. The van der Waals surface area contributed by atoms with Gasteiger partial charge in [0.2, 0.25) is 5.91 Å². The highest BCUT2D eigenvalue weighted by Crippen LogP contribution is 2.28. The molecule has 1 aromatic heterocycles. The van der Waals surface area contributed by atoms with E-state index in [9.17, 15) is 9.59 Å². The summed E-state index contributed by atoms with van der Waals surface area (Å²) in [5, 5.41) is 3.14. The molecule has 6 heteroatoms. The monoisotopic (exact) mass is 279 g/mol. The summed E-state index contributed by atoms with van der Waals surface area (Å²) in [6.45, 7) is 1.24. The minimum atomic E-state index is -0.0736. The van der Waals surface area contributed by atoms with Crippen molar-refractivity contribution < 1.29 is 9.59 Å². The van der Waals surface area contributed by atoms with Crippen molar-refractivity contribution in [2.45, 2.75) is 18.9 Å². The average Bonchev–Trinajstić information content (AvgIpc) is 2.80. The fourth-order valence-corrected chi connectivity index (χ4v) is 3.08. The Morgan fingerprint density at radius 1 is 1.53 bits per heavy atom. The lowest BCUT2D eigenvalue weighted by Crippen LogP contribution is -2.48. The van der Waals surface area contributed by atoms with Crippen LogP contribution in [-0.4, -0.2) is 40.8 Å². The predicted molar refractivity (Wildman–Crippen MR) is 69.8 cm³/mol. The minimum absolute atomic E-state index is 0.0271. The van der Waals surface area contributed by atoms with Crippen LogP contribution in [-0.2, 0) is 4.79 Å². The number of carbonyl (C=O) groups excluding carboxylic acids is 2. The number of nitrogens with one attached hydrogen (secondary N) is 1. The van der Waals surface area contributed by atoms with Crippen LogP contribution in [0.3, 0.4) is 0 Å². The van der Waals surface area contributed by atoms with Gasteiger partial charge in [-0.15, -0.1) is 0 Å². The Morgan fingerprint density at radius 2 is 2.37 bits per heavy atom. The van der Waals surface area contributed by atoms with E-state index in [-0.39, 0.29) is 23.8 Å². The normalized spacial score (nSPS) is 25.9. The zero-order valence-electron chi connectivity index (χ0n) is 10.3. The first-order valence-corrected chi connectivity index (χ1v) is 6.75. The molecule has 0 spiro atoms. The Labute approximate surface area is 115 Å². The third-order valence-electron chi connectivity index (χ3n) is 3.84. The third kappa shape index (κ3) is 2.18. The minimum Gasteiger partial charge on any atom is -0.354 e. The van der Waals surface area contributed by atoms with Gasteiger partial charge in [-0.3, -0.25) is 9.59 Å². The molecule has 3 heterocycles. The second-order valence-electron chi connectivity index (χ2n) is 4.93. The Balaban J connectivity index is 1.85. The molecule has 2 fully saturated rings. The summed E-state index contributed by atoms with van der Waals surface area (Å²) in [6, 6.07) is 3.19. The summed E-state index contributed by atoms with van der Waals surface area (Å²) >= 11 is 5.81. The first-order valence-electron chi connectivity index (χ1n) is 6.37. The quantitative estimate of drug-likeness (QED) is 0.783. The number of nitrogens with zero attached hydrogens (tertiary/aromatic N) is 2. The van der Waals surface area contributed by atoms with Crippen molar-refractivity contribution >= 4 is 23.4 Å². The summed E-state index contributed by atoms with van der Waals surface area (Å²) < 4.78 is 0. The summed E-state index contributed by atoms with van der Waals surface area (Å²) in [6.07, 6.45) is 3.24. The van der Waals surface area contributed by atoms with Gasteiger partial charge < -0.3 is 10.2 Å². The molecule has 3 rings (SSSR count). The standard InChI is InChI=1S/C13H14ClN3O2/c14-11-6-8(3-4-15-11)13(19)17-5-1-2-9-10(17)7-16-12(9)18/h3-4,6,9-10H,1-2,5,7H2,(H,16,18). The Kier molecular flexibility index (Phi) is 3.14. The number of piperidine rings is 1. The van der Waals surface area contributed by atoms with Crippen molar-refractivity contribution in [1.29, 1.82) is 0 Å². The molecule has 19 heavy (non-hydrogen) atoms. The van der Waals surface area contributed by atoms with Gasteiger partial charge in [-0.1, -0.05) is 11.6 Å². The molecular formula is C13H14ClN3O2. The van der Waals surface area contributed by atoms with Gasteiger partial charge in [0.05, 0.1) is 12.0 Å². The lowest BCUT2D eigenvalue weighted by Gasteiger charge is -2.35. The maximum Gasteiger partial charge on any atom is 0.254 e. The number of rotatable bonds is 1. The van der Waals surface area contributed by atoms with E-state index in [1.807, 2.05) is 0 Å². The molecule has 0 radical (unpaired) electrons. The van der Waals surface area contributed by atoms with E-state index in [2.05, 4.69) is 10.3 Å². The van der Waals surface area contributed by atoms with E-state index in [4.69, 9.17) is 11.6 Å². The van der Waals surface area contributed by atoms with Crippen LogP contribution in [0.5, 0.6) is 0 Å². The number of pyridine rings is 1. The molecular weight excluding hydrogens is 266 g/mol. The van der Waals surface area contributed by atoms with Crippen LogP contribution in [0.2, 0.25) is 5.15 Å². The number of aromatic nitrogens is 1. The first kappa shape index (κ1) is 12.4. The van der Waals surface area contributed by atoms with Crippen molar-refractivity contribution in [2.75, 3.05) is 13.1 Å².